The highest BCUT2D eigenvalue weighted by Crippen LogP contribution is 2.44. The molecule has 0 aliphatic carbocycles. The number of carboxylic acid groups (broad SMARTS) is 1. The minimum Gasteiger partial charge on any atom is -0.478 e. The van der Waals surface area contributed by atoms with Crippen LogP contribution in [0.15, 0.2) is 60.8 Å². The van der Waals surface area contributed by atoms with E-state index in [9.17, 15) is 15.0 Å². The molecular formula is C57H112O7Si4. The maximum Gasteiger partial charge on any atom is 0.331 e. The zero-order valence-corrected chi connectivity index (χ0v) is 53.4. The molecule has 0 radical (unpaired) electrons. The van der Waals surface area contributed by atoms with Gasteiger partial charge >= 0.3 is 5.97 Å². The van der Waals surface area contributed by atoms with Gasteiger partial charge < -0.3 is 27.9 Å². The molecule has 0 aromatic carbocycles. The largest absolute Gasteiger partial charge is 0.478 e. The van der Waals surface area contributed by atoms with E-state index in [2.05, 4.69) is 202 Å². The van der Waals surface area contributed by atoms with Crippen molar-refractivity contribution in [2.45, 2.75) is 260 Å². The SMILES string of the molecule is C=CC=C[C@H](C)[C@H](O)[C@@H](C)[C@H](CC[C@H](C)C[C@@H](C)[C@@H](O[Si](C)(C)C(C)(C)C)[C@@H](C)C=C[C@H](C[C@H](O[Si](C)(C)C(C)(C)C)[C@@H](C)C=CC=C(C)C(=O)O)O[Si](C)(C)C(C)(C)C)O[Si](C)(C)C(C)(C)C. The van der Waals surface area contributed by atoms with Crippen LogP contribution in [0.5, 0.6) is 0 Å². The summed E-state index contributed by atoms with van der Waals surface area (Å²) < 4.78 is 29.3. The van der Waals surface area contributed by atoms with Gasteiger partial charge in [-0.2, -0.15) is 0 Å². The fraction of sp³-hybridized carbons (Fsp3) is 0.807. The fourth-order valence-corrected chi connectivity index (χ4v) is 13.1. The second kappa shape index (κ2) is 26.7. The van der Waals surface area contributed by atoms with Gasteiger partial charge in [-0.1, -0.05) is 180 Å². The zero-order valence-electron chi connectivity index (χ0n) is 49.4. The van der Waals surface area contributed by atoms with Crippen LogP contribution in [0.25, 0.3) is 0 Å². The van der Waals surface area contributed by atoms with Gasteiger partial charge in [-0.05, 0) is 122 Å². The van der Waals surface area contributed by atoms with Crippen LogP contribution in [0, 0.1) is 35.5 Å². The number of hydrogen-bond donors (Lipinski definition) is 2. The molecule has 398 valence electrons. The molecular weight excluding hydrogens is 909 g/mol. The number of aliphatic hydroxyl groups is 1. The van der Waals surface area contributed by atoms with E-state index in [1.54, 1.807) is 19.1 Å². The van der Waals surface area contributed by atoms with Gasteiger partial charge in [-0.3, -0.25) is 0 Å². The van der Waals surface area contributed by atoms with Gasteiger partial charge in [0.15, 0.2) is 33.3 Å². The smallest absolute Gasteiger partial charge is 0.331 e. The van der Waals surface area contributed by atoms with Crippen LogP contribution in [0.3, 0.4) is 0 Å². The van der Waals surface area contributed by atoms with E-state index in [-0.39, 0.29) is 74.2 Å². The highest BCUT2D eigenvalue weighted by molar-refractivity contribution is 6.75. The first-order valence-corrected chi connectivity index (χ1v) is 37.9. The molecule has 0 rings (SSSR count). The third kappa shape index (κ3) is 21.5. The van der Waals surface area contributed by atoms with Crippen molar-refractivity contribution in [1.29, 1.82) is 0 Å². The maximum absolute atomic E-state index is 11.6. The summed E-state index contributed by atoms with van der Waals surface area (Å²) >= 11 is 0. The van der Waals surface area contributed by atoms with Crippen LogP contribution in [0.4, 0.5) is 0 Å². The molecule has 0 heterocycles. The minimum atomic E-state index is -2.24. The van der Waals surface area contributed by atoms with Gasteiger partial charge in [0.05, 0.1) is 30.5 Å². The molecule has 0 unspecified atom stereocenters. The van der Waals surface area contributed by atoms with Crippen molar-refractivity contribution in [1.82, 2.24) is 0 Å². The molecule has 11 atom stereocenters. The second-order valence-electron chi connectivity index (χ2n) is 27.2. The normalized spacial score (nSPS) is 19.7. The molecule has 0 aliphatic heterocycles. The summed E-state index contributed by atoms with van der Waals surface area (Å²) in [7, 11) is -8.76. The lowest BCUT2D eigenvalue weighted by Gasteiger charge is -2.44. The molecule has 0 bridgehead atoms. The Hall–Kier alpha value is -1.16. The van der Waals surface area contributed by atoms with E-state index >= 15 is 0 Å². The summed E-state index contributed by atoms with van der Waals surface area (Å²) in [6.07, 6.45) is 18.8. The lowest BCUT2D eigenvalue weighted by Crippen LogP contribution is -2.48. The molecule has 0 aromatic rings. The van der Waals surface area contributed by atoms with Crippen LogP contribution < -0.4 is 0 Å². The Morgan fingerprint density at radius 1 is 0.559 bits per heavy atom. The van der Waals surface area contributed by atoms with Gasteiger partial charge in [-0.15, -0.1) is 0 Å². The molecule has 0 aliphatic rings. The standard InChI is InChI=1S/C57H112O7Si4/c1-29-30-32-43(4)51(58)47(8)49(62-66(23,24)55(12,13)14)38-35-41(2)39-46(7)52(64-68(27,28)57(18,19)20)44(5)36-37-48(61-65(21,22)54(9,10)11)40-50(63-67(25,26)56(15,16)17)42(3)33-31-34-45(6)53(59)60/h29-34,36-37,41-44,46-52,58H,1,35,38-40H2,2-28H3,(H,59,60)/t41-,42-,43-,44-,46+,47-,48+,49-,50-,51-,52-/m0/s1. The molecule has 68 heavy (non-hydrogen) atoms. The quantitative estimate of drug-likeness (QED) is 0.0349. The number of rotatable bonds is 28. The van der Waals surface area contributed by atoms with E-state index in [1.165, 1.54) is 0 Å². The van der Waals surface area contributed by atoms with E-state index in [4.69, 9.17) is 17.7 Å². The average molecular weight is 1020 g/mol. The van der Waals surface area contributed by atoms with Crippen molar-refractivity contribution in [3.8, 4) is 0 Å². The maximum atomic E-state index is 11.6. The van der Waals surface area contributed by atoms with Crippen LogP contribution in [0.2, 0.25) is 72.5 Å². The molecule has 0 spiro atoms. The Kier molecular flexibility index (Phi) is 26.2. The Labute approximate surface area is 426 Å². The Morgan fingerprint density at radius 2 is 0.985 bits per heavy atom. The van der Waals surface area contributed by atoms with E-state index in [0.717, 1.165) is 19.3 Å². The number of aliphatic carboxylic acids is 1. The second-order valence-corrected chi connectivity index (χ2v) is 46.2. The van der Waals surface area contributed by atoms with Gasteiger partial charge in [0.25, 0.3) is 0 Å². The predicted molar refractivity (Wildman–Crippen MR) is 307 cm³/mol. The van der Waals surface area contributed by atoms with Crippen LogP contribution in [-0.2, 0) is 22.5 Å². The van der Waals surface area contributed by atoms with E-state index < -0.39 is 45.3 Å². The Bertz CT molecular complexity index is 1650. The number of carboxylic acids is 1. The van der Waals surface area contributed by atoms with Gasteiger partial charge in [0, 0.05) is 23.8 Å². The zero-order chi connectivity index (χ0) is 53.8. The molecule has 11 heteroatoms. The first-order chi connectivity index (χ1) is 30.4. The average Bonchev–Trinajstić information content (AvgIpc) is 3.16. The van der Waals surface area contributed by atoms with Crippen molar-refractivity contribution < 1.29 is 32.7 Å². The molecule has 0 amide bonds. The molecule has 2 N–H and O–H groups in total. The van der Waals surface area contributed by atoms with Crippen molar-refractivity contribution in [3.63, 3.8) is 0 Å². The first kappa shape index (κ1) is 66.8. The van der Waals surface area contributed by atoms with Crippen LogP contribution >= 0.6 is 0 Å². The van der Waals surface area contributed by atoms with Crippen molar-refractivity contribution >= 4 is 39.2 Å². The Balaban J connectivity index is 7.26. The summed E-state index contributed by atoms with van der Waals surface area (Å²) in [5.74, 6) is -0.101. The summed E-state index contributed by atoms with van der Waals surface area (Å²) in [6, 6.07) is 0. The monoisotopic (exact) mass is 1020 g/mol. The number of carbonyl (C=O) groups is 1. The van der Waals surface area contributed by atoms with Crippen LogP contribution in [0.1, 0.15) is 157 Å². The highest BCUT2D eigenvalue weighted by atomic mass is 28.4. The van der Waals surface area contributed by atoms with Crippen molar-refractivity contribution in [3.05, 3.63) is 60.8 Å². The topological polar surface area (TPSA) is 94.5 Å². The molecule has 0 fully saturated rings. The fourth-order valence-electron chi connectivity index (χ4n) is 7.50. The lowest BCUT2D eigenvalue weighted by atomic mass is 9.82. The van der Waals surface area contributed by atoms with E-state index in [0.29, 0.717) is 17.9 Å². The van der Waals surface area contributed by atoms with Gasteiger partial charge in [-0.25, -0.2) is 4.79 Å². The highest BCUT2D eigenvalue weighted by Gasteiger charge is 2.45. The number of allylic oxidation sites excluding steroid dienone is 4. The van der Waals surface area contributed by atoms with Gasteiger partial charge in [0.1, 0.15) is 0 Å². The van der Waals surface area contributed by atoms with Gasteiger partial charge in [0.2, 0.25) is 0 Å². The minimum absolute atomic E-state index is 0.00558. The molecule has 0 aromatic heterocycles. The van der Waals surface area contributed by atoms with Crippen molar-refractivity contribution in [2.75, 3.05) is 0 Å². The molecule has 0 saturated heterocycles. The van der Waals surface area contributed by atoms with Crippen molar-refractivity contribution in [2.24, 2.45) is 35.5 Å². The van der Waals surface area contributed by atoms with Crippen LogP contribution in [-0.4, -0.2) is 80.0 Å². The predicted octanol–water partition coefficient (Wildman–Crippen LogP) is 17.2. The Morgan fingerprint density at radius 3 is 1.43 bits per heavy atom. The van der Waals surface area contributed by atoms with E-state index in [1.807, 2.05) is 18.2 Å². The molecule has 7 nitrogen and oxygen atoms in total. The lowest BCUT2D eigenvalue weighted by molar-refractivity contribution is -0.132. The summed E-state index contributed by atoms with van der Waals surface area (Å²) in [5.41, 5.74) is 0.303. The third-order valence-corrected chi connectivity index (χ3v) is 34.8. The summed E-state index contributed by atoms with van der Waals surface area (Å²) in [6.45, 7) is 65.3. The number of hydrogen-bond acceptors (Lipinski definition) is 6. The first-order valence-electron chi connectivity index (χ1n) is 26.3. The summed E-state index contributed by atoms with van der Waals surface area (Å²) in [4.78, 5) is 11.6. The number of aliphatic hydroxyl groups excluding tert-OH is 1. The summed E-state index contributed by atoms with van der Waals surface area (Å²) in [5, 5.41) is 21.3. The third-order valence-electron chi connectivity index (χ3n) is 16.8. The molecule has 0 saturated carbocycles.